The van der Waals surface area contributed by atoms with Crippen molar-refractivity contribution in [2.75, 3.05) is 6.61 Å². The Hall–Kier alpha value is -1.71. The maximum Gasteiger partial charge on any atom is 0.244 e. The molecule has 2 N–H and O–H groups in total. The van der Waals surface area contributed by atoms with Crippen molar-refractivity contribution in [2.24, 2.45) is 7.05 Å². The molecule has 0 fully saturated rings. The topological polar surface area (TPSA) is 102 Å². The monoisotopic (exact) mass is 285 g/mol. The Bertz CT molecular complexity index is 646. The molecule has 2 aromatic rings. The van der Waals surface area contributed by atoms with Gasteiger partial charge in [-0.15, -0.1) is 0 Å². The largest absolute Gasteiger partial charge is 0.394 e. The average Bonchev–Trinajstić information content (AvgIpc) is 2.97. The van der Waals surface area contributed by atoms with E-state index in [2.05, 4.69) is 14.8 Å². The first kappa shape index (κ1) is 13.7. The van der Waals surface area contributed by atoms with Gasteiger partial charge >= 0.3 is 0 Å². The van der Waals surface area contributed by atoms with E-state index in [-0.39, 0.29) is 24.6 Å². The molecule has 9 heteroatoms. The molecule has 0 aromatic carbocycles. The van der Waals surface area contributed by atoms with E-state index in [1.807, 2.05) is 0 Å². The average molecular weight is 285 g/mol. The summed E-state index contributed by atoms with van der Waals surface area (Å²) in [5.41, 5.74) is 0. The smallest absolute Gasteiger partial charge is 0.244 e. The maximum absolute atomic E-state index is 12.0. The van der Waals surface area contributed by atoms with Crippen LogP contribution in [0.2, 0.25) is 0 Å². The van der Waals surface area contributed by atoms with E-state index < -0.39 is 10.0 Å². The van der Waals surface area contributed by atoms with E-state index in [1.54, 1.807) is 24.0 Å². The lowest BCUT2D eigenvalue weighted by Crippen LogP contribution is -2.24. The minimum Gasteiger partial charge on any atom is -0.394 e. The SMILES string of the molecule is Cn1ccnc1CNS(=O)(=O)c1cnn(CCO)c1. The fourth-order valence-corrected chi connectivity index (χ4v) is 2.45. The number of aliphatic hydroxyl groups excluding tert-OH is 1. The summed E-state index contributed by atoms with van der Waals surface area (Å²) in [5.74, 6) is 0.617. The van der Waals surface area contributed by atoms with E-state index in [0.29, 0.717) is 5.82 Å². The van der Waals surface area contributed by atoms with Gasteiger partial charge in [-0.05, 0) is 0 Å². The van der Waals surface area contributed by atoms with Crippen molar-refractivity contribution in [2.45, 2.75) is 18.0 Å². The van der Waals surface area contributed by atoms with E-state index >= 15 is 0 Å². The zero-order chi connectivity index (χ0) is 13.9. The van der Waals surface area contributed by atoms with E-state index in [0.717, 1.165) is 0 Å². The summed E-state index contributed by atoms with van der Waals surface area (Å²) in [7, 11) is -1.83. The summed E-state index contributed by atoms with van der Waals surface area (Å²) >= 11 is 0. The zero-order valence-corrected chi connectivity index (χ0v) is 11.2. The number of nitrogens with one attached hydrogen (secondary N) is 1. The third kappa shape index (κ3) is 3.19. The van der Waals surface area contributed by atoms with Gasteiger partial charge in [0.05, 0.1) is 25.9 Å². The summed E-state index contributed by atoms with van der Waals surface area (Å²) in [5, 5.41) is 12.6. The molecule has 19 heavy (non-hydrogen) atoms. The van der Waals surface area contributed by atoms with Gasteiger partial charge in [-0.2, -0.15) is 5.10 Å². The summed E-state index contributed by atoms with van der Waals surface area (Å²) in [6, 6.07) is 0. The molecule has 8 nitrogen and oxygen atoms in total. The lowest BCUT2D eigenvalue weighted by atomic mass is 10.6. The molecule has 0 spiro atoms. The fourth-order valence-electron chi connectivity index (χ4n) is 1.52. The highest BCUT2D eigenvalue weighted by molar-refractivity contribution is 7.89. The third-order valence-electron chi connectivity index (χ3n) is 2.59. The number of hydrogen-bond acceptors (Lipinski definition) is 5. The molecule has 0 atom stereocenters. The maximum atomic E-state index is 12.0. The molecule has 0 aliphatic carbocycles. The fraction of sp³-hybridized carbons (Fsp3) is 0.400. The lowest BCUT2D eigenvalue weighted by molar-refractivity contribution is 0.269. The van der Waals surface area contributed by atoms with Crippen LogP contribution in [0.5, 0.6) is 0 Å². The molecular weight excluding hydrogens is 270 g/mol. The molecule has 0 aliphatic rings. The minimum atomic E-state index is -3.62. The van der Waals surface area contributed by atoms with Crippen LogP contribution in [0.3, 0.4) is 0 Å². The molecule has 2 heterocycles. The number of nitrogens with zero attached hydrogens (tertiary/aromatic N) is 4. The van der Waals surface area contributed by atoms with Crippen LogP contribution in [-0.4, -0.2) is 39.5 Å². The molecule has 0 bridgehead atoms. The molecule has 0 saturated heterocycles. The number of sulfonamides is 1. The predicted octanol–water partition coefficient (Wildman–Crippen LogP) is -0.913. The van der Waals surface area contributed by atoms with Gasteiger partial charge in [0.25, 0.3) is 0 Å². The summed E-state index contributed by atoms with van der Waals surface area (Å²) in [6.45, 7) is 0.272. The Morgan fingerprint density at radius 2 is 2.26 bits per heavy atom. The molecule has 2 aromatic heterocycles. The molecule has 104 valence electrons. The first-order chi connectivity index (χ1) is 9.03. The Morgan fingerprint density at radius 3 is 2.89 bits per heavy atom. The Balaban J connectivity index is 2.07. The lowest BCUT2D eigenvalue weighted by Gasteiger charge is -2.04. The van der Waals surface area contributed by atoms with Gasteiger partial charge < -0.3 is 9.67 Å². The number of imidazole rings is 1. The Kier molecular flexibility index (Phi) is 3.98. The standard InChI is InChI=1S/C10H15N5O3S/c1-14-3-2-11-10(14)7-13-19(17,18)9-6-12-15(8-9)4-5-16/h2-3,6,8,13,16H,4-5,7H2,1H3. The number of hydrogen-bond donors (Lipinski definition) is 2. The van der Waals surface area contributed by atoms with Gasteiger partial charge in [0.1, 0.15) is 10.7 Å². The van der Waals surface area contributed by atoms with Crippen LogP contribution >= 0.6 is 0 Å². The molecule has 0 radical (unpaired) electrons. The van der Waals surface area contributed by atoms with Crippen molar-refractivity contribution >= 4 is 10.0 Å². The van der Waals surface area contributed by atoms with Gasteiger partial charge in [-0.3, -0.25) is 4.68 Å². The first-order valence-corrected chi connectivity index (χ1v) is 7.10. The van der Waals surface area contributed by atoms with E-state index in [4.69, 9.17) is 5.11 Å². The van der Waals surface area contributed by atoms with Crippen molar-refractivity contribution in [1.82, 2.24) is 24.1 Å². The summed E-state index contributed by atoms with van der Waals surface area (Å²) in [6.07, 6.45) is 5.96. The summed E-state index contributed by atoms with van der Waals surface area (Å²) in [4.78, 5) is 4.09. The van der Waals surface area contributed by atoms with Crippen LogP contribution in [0.1, 0.15) is 5.82 Å². The van der Waals surface area contributed by atoms with Gasteiger partial charge in [-0.25, -0.2) is 18.1 Å². The first-order valence-electron chi connectivity index (χ1n) is 5.62. The third-order valence-corrected chi connectivity index (χ3v) is 3.95. The second-order valence-corrected chi connectivity index (χ2v) is 5.71. The minimum absolute atomic E-state index is 0.0650. The summed E-state index contributed by atoms with van der Waals surface area (Å²) < 4.78 is 29.5. The zero-order valence-electron chi connectivity index (χ0n) is 10.4. The van der Waals surface area contributed by atoms with Gasteiger partial charge in [-0.1, -0.05) is 0 Å². The predicted molar refractivity (Wildman–Crippen MR) is 66.5 cm³/mol. The molecule has 0 aliphatic heterocycles. The van der Waals surface area contributed by atoms with Gasteiger partial charge in [0.15, 0.2) is 0 Å². The van der Waals surface area contributed by atoms with Crippen LogP contribution in [0.15, 0.2) is 29.7 Å². The second kappa shape index (κ2) is 5.51. The second-order valence-electron chi connectivity index (χ2n) is 3.94. The van der Waals surface area contributed by atoms with Crippen LogP contribution in [-0.2, 0) is 30.2 Å². The van der Waals surface area contributed by atoms with Crippen LogP contribution in [0.4, 0.5) is 0 Å². The highest BCUT2D eigenvalue weighted by Gasteiger charge is 2.16. The van der Waals surface area contributed by atoms with Crippen LogP contribution in [0.25, 0.3) is 0 Å². The molecule has 0 saturated carbocycles. The van der Waals surface area contributed by atoms with Crippen molar-refractivity contribution < 1.29 is 13.5 Å². The van der Waals surface area contributed by atoms with Gasteiger partial charge in [0.2, 0.25) is 10.0 Å². The Labute approximate surface area is 110 Å². The van der Waals surface area contributed by atoms with Crippen molar-refractivity contribution in [3.8, 4) is 0 Å². The van der Waals surface area contributed by atoms with Gasteiger partial charge in [0, 0.05) is 25.6 Å². The van der Waals surface area contributed by atoms with E-state index in [9.17, 15) is 8.42 Å². The number of aliphatic hydroxyl groups is 1. The number of aryl methyl sites for hydroxylation is 1. The highest BCUT2D eigenvalue weighted by Crippen LogP contribution is 2.07. The highest BCUT2D eigenvalue weighted by atomic mass is 32.2. The van der Waals surface area contributed by atoms with Crippen molar-refractivity contribution in [1.29, 1.82) is 0 Å². The molecule has 0 amide bonds. The quantitative estimate of drug-likeness (QED) is 0.715. The van der Waals surface area contributed by atoms with E-state index in [1.165, 1.54) is 17.1 Å². The molecular formula is C10H15N5O3S. The Morgan fingerprint density at radius 1 is 1.47 bits per heavy atom. The molecule has 2 rings (SSSR count). The van der Waals surface area contributed by atoms with Crippen LogP contribution < -0.4 is 4.72 Å². The normalized spacial score (nSPS) is 11.9. The number of aromatic nitrogens is 4. The number of rotatable bonds is 6. The molecule has 0 unspecified atom stereocenters. The van der Waals surface area contributed by atoms with Crippen LogP contribution in [0, 0.1) is 0 Å². The van der Waals surface area contributed by atoms with Crippen molar-refractivity contribution in [3.05, 3.63) is 30.6 Å². The van der Waals surface area contributed by atoms with Crippen molar-refractivity contribution in [3.63, 3.8) is 0 Å².